The smallest absolute Gasteiger partial charge is 0.350 e. The molecule has 4 nitrogen and oxygen atoms in total. The molecule has 2 rings (SSSR count). The van der Waals surface area contributed by atoms with Crippen molar-refractivity contribution in [1.82, 2.24) is 0 Å². The minimum absolute atomic E-state index is 0.322. The number of thiophene rings is 1. The van der Waals surface area contributed by atoms with Gasteiger partial charge >= 0.3 is 5.97 Å². The molecular formula is C15H12ClNO3S. The molecule has 0 aliphatic rings. The second-order valence-electron chi connectivity index (χ2n) is 4.05. The fourth-order valence-electron chi connectivity index (χ4n) is 1.70. The number of nitrogens with one attached hydrogen (secondary N) is 1. The Bertz CT molecular complexity index is 709. The molecule has 0 spiro atoms. The van der Waals surface area contributed by atoms with Crippen LogP contribution in [0.5, 0.6) is 0 Å². The summed E-state index contributed by atoms with van der Waals surface area (Å²) in [5.41, 5.74) is 1.25. The number of anilines is 1. The molecule has 1 N–H and O–H groups in total. The Morgan fingerprint density at radius 3 is 2.76 bits per heavy atom. The van der Waals surface area contributed by atoms with Gasteiger partial charge in [-0.1, -0.05) is 30.3 Å². The molecule has 0 saturated carbocycles. The van der Waals surface area contributed by atoms with E-state index in [1.54, 1.807) is 18.2 Å². The summed E-state index contributed by atoms with van der Waals surface area (Å²) < 4.78 is 4.73. The van der Waals surface area contributed by atoms with Gasteiger partial charge in [0.15, 0.2) is 0 Å². The molecule has 0 saturated heterocycles. The maximum atomic E-state index is 11.8. The van der Waals surface area contributed by atoms with Crippen molar-refractivity contribution in [3.8, 4) is 10.4 Å². The number of amides is 1. The summed E-state index contributed by atoms with van der Waals surface area (Å²) in [7, 11) is 1.29. The van der Waals surface area contributed by atoms with Gasteiger partial charge in [0.25, 0.3) is 0 Å². The van der Waals surface area contributed by atoms with Crippen molar-refractivity contribution < 1.29 is 14.3 Å². The minimum atomic E-state index is -0.507. The lowest BCUT2D eigenvalue weighted by Crippen LogP contribution is -2.10. The van der Waals surface area contributed by atoms with Crippen molar-refractivity contribution in [3.63, 3.8) is 0 Å². The zero-order valence-electron chi connectivity index (χ0n) is 11.2. The van der Waals surface area contributed by atoms with E-state index in [4.69, 9.17) is 16.3 Å². The van der Waals surface area contributed by atoms with Crippen LogP contribution in [0.2, 0.25) is 5.02 Å². The monoisotopic (exact) mass is 321 g/mol. The van der Waals surface area contributed by atoms with Crippen molar-refractivity contribution in [2.75, 3.05) is 12.4 Å². The third kappa shape index (κ3) is 3.51. The summed E-state index contributed by atoms with van der Waals surface area (Å²) in [6.45, 7) is 3.39. The number of esters is 1. The van der Waals surface area contributed by atoms with Crippen LogP contribution in [0.1, 0.15) is 9.67 Å². The predicted octanol–water partition coefficient (Wildman–Crippen LogP) is 3.98. The fraction of sp³-hybridized carbons (Fsp3) is 0.0667. The van der Waals surface area contributed by atoms with E-state index in [0.717, 1.165) is 16.5 Å². The summed E-state index contributed by atoms with van der Waals surface area (Å²) >= 11 is 7.19. The molecule has 0 aliphatic carbocycles. The van der Waals surface area contributed by atoms with Crippen LogP contribution in [0.4, 0.5) is 5.69 Å². The van der Waals surface area contributed by atoms with Gasteiger partial charge in [0.2, 0.25) is 5.91 Å². The average molecular weight is 322 g/mol. The highest BCUT2D eigenvalue weighted by Gasteiger charge is 2.18. The zero-order valence-corrected chi connectivity index (χ0v) is 12.8. The number of carbonyl (C=O) groups excluding carboxylic acids is 2. The maximum Gasteiger partial charge on any atom is 0.350 e. The van der Waals surface area contributed by atoms with Crippen molar-refractivity contribution in [3.05, 3.63) is 52.9 Å². The number of ether oxygens (including phenoxy) is 1. The van der Waals surface area contributed by atoms with E-state index in [2.05, 4.69) is 11.9 Å². The Kier molecular flexibility index (Phi) is 4.77. The molecule has 1 heterocycles. The van der Waals surface area contributed by atoms with E-state index < -0.39 is 11.9 Å². The van der Waals surface area contributed by atoms with Gasteiger partial charge in [-0.05, 0) is 29.8 Å². The first kappa shape index (κ1) is 15.3. The molecule has 0 aliphatic heterocycles. The Morgan fingerprint density at radius 2 is 2.14 bits per heavy atom. The van der Waals surface area contributed by atoms with E-state index in [0.29, 0.717) is 15.6 Å². The van der Waals surface area contributed by atoms with Gasteiger partial charge in [0.1, 0.15) is 4.88 Å². The van der Waals surface area contributed by atoms with Crippen LogP contribution in [0, 0.1) is 0 Å². The van der Waals surface area contributed by atoms with Crippen LogP contribution in [-0.2, 0) is 9.53 Å². The second kappa shape index (κ2) is 6.56. The van der Waals surface area contributed by atoms with Crippen molar-refractivity contribution in [2.24, 2.45) is 0 Å². The van der Waals surface area contributed by atoms with Gasteiger partial charge in [0, 0.05) is 9.90 Å². The third-order valence-electron chi connectivity index (χ3n) is 2.66. The van der Waals surface area contributed by atoms with Crippen molar-refractivity contribution in [2.45, 2.75) is 0 Å². The number of halogens is 1. The van der Waals surface area contributed by atoms with Crippen LogP contribution in [-0.4, -0.2) is 19.0 Å². The van der Waals surface area contributed by atoms with Crippen LogP contribution in [0.15, 0.2) is 43.0 Å². The number of rotatable bonds is 4. The molecule has 0 bridgehead atoms. The van der Waals surface area contributed by atoms with Gasteiger partial charge < -0.3 is 10.1 Å². The third-order valence-corrected chi connectivity index (χ3v) is 4.05. The second-order valence-corrected chi connectivity index (χ2v) is 5.54. The van der Waals surface area contributed by atoms with E-state index in [9.17, 15) is 9.59 Å². The van der Waals surface area contributed by atoms with E-state index >= 15 is 0 Å². The molecule has 1 aromatic carbocycles. The average Bonchev–Trinajstić information content (AvgIpc) is 2.90. The normalized spacial score (nSPS) is 10.0. The topological polar surface area (TPSA) is 55.4 Å². The molecule has 6 heteroatoms. The molecular weight excluding hydrogens is 310 g/mol. The van der Waals surface area contributed by atoms with Crippen LogP contribution >= 0.6 is 22.9 Å². The van der Waals surface area contributed by atoms with E-state index in [1.165, 1.54) is 18.4 Å². The Hall–Kier alpha value is -2.11. The fourth-order valence-corrected chi connectivity index (χ4v) is 2.91. The van der Waals surface area contributed by atoms with Gasteiger partial charge in [-0.2, -0.15) is 0 Å². The van der Waals surface area contributed by atoms with Gasteiger partial charge in [-0.3, -0.25) is 4.79 Å². The van der Waals surface area contributed by atoms with Gasteiger partial charge in [-0.15, -0.1) is 11.3 Å². The quantitative estimate of drug-likeness (QED) is 0.684. The number of benzene rings is 1. The molecule has 0 fully saturated rings. The first-order valence-electron chi connectivity index (χ1n) is 5.96. The summed E-state index contributed by atoms with van der Waals surface area (Å²) in [4.78, 5) is 24.4. The lowest BCUT2D eigenvalue weighted by molar-refractivity contribution is -0.111. The number of carbonyl (C=O) groups is 2. The summed E-state index contributed by atoms with van der Waals surface area (Å²) in [5.74, 6) is -0.900. The molecule has 0 unspecified atom stereocenters. The first-order chi connectivity index (χ1) is 10.0. The molecule has 0 radical (unpaired) electrons. The van der Waals surface area contributed by atoms with Gasteiger partial charge in [-0.25, -0.2) is 4.79 Å². The van der Waals surface area contributed by atoms with Crippen LogP contribution in [0.3, 0.4) is 0 Å². The minimum Gasteiger partial charge on any atom is -0.465 e. The molecule has 1 aromatic heterocycles. The van der Waals surface area contributed by atoms with Crippen molar-refractivity contribution >= 4 is 40.5 Å². The molecule has 1 amide bonds. The SMILES string of the molecule is C=CC(=O)Nc1cc(-c2cccc(Cl)c2)sc1C(=O)OC. The van der Waals surface area contributed by atoms with Crippen LogP contribution in [0.25, 0.3) is 10.4 Å². The molecule has 2 aromatic rings. The Balaban J connectivity index is 2.47. The summed E-state index contributed by atoms with van der Waals surface area (Å²) in [5, 5.41) is 3.19. The Labute approximate surface area is 131 Å². The highest BCUT2D eigenvalue weighted by Crippen LogP contribution is 2.36. The summed E-state index contributed by atoms with van der Waals surface area (Å²) in [6.07, 6.45) is 1.14. The molecule has 21 heavy (non-hydrogen) atoms. The number of hydrogen-bond donors (Lipinski definition) is 1. The number of hydrogen-bond acceptors (Lipinski definition) is 4. The van der Waals surface area contributed by atoms with E-state index in [-0.39, 0.29) is 0 Å². The molecule has 0 atom stereocenters. The lowest BCUT2D eigenvalue weighted by Gasteiger charge is -2.01. The highest BCUT2D eigenvalue weighted by atomic mass is 35.5. The largest absolute Gasteiger partial charge is 0.465 e. The van der Waals surface area contributed by atoms with Gasteiger partial charge in [0.05, 0.1) is 12.8 Å². The Morgan fingerprint density at radius 1 is 1.38 bits per heavy atom. The zero-order chi connectivity index (χ0) is 15.4. The highest BCUT2D eigenvalue weighted by molar-refractivity contribution is 7.18. The molecule has 108 valence electrons. The summed E-state index contributed by atoms with van der Waals surface area (Å²) in [6, 6.07) is 8.95. The number of methoxy groups -OCH3 is 1. The first-order valence-corrected chi connectivity index (χ1v) is 7.16. The maximum absolute atomic E-state index is 11.8. The lowest BCUT2D eigenvalue weighted by atomic mass is 10.2. The van der Waals surface area contributed by atoms with Crippen LogP contribution < -0.4 is 5.32 Å². The predicted molar refractivity (Wildman–Crippen MR) is 84.9 cm³/mol. The van der Waals surface area contributed by atoms with Crippen molar-refractivity contribution in [1.29, 1.82) is 0 Å². The standard InChI is InChI=1S/C15H12ClNO3S/c1-3-13(18)17-11-8-12(21-14(11)15(19)20-2)9-5-4-6-10(16)7-9/h3-8H,1H2,2H3,(H,17,18). The van der Waals surface area contributed by atoms with E-state index in [1.807, 2.05) is 12.1 Å².